The Morgan fingerprint density at radius 3 is 2.48 bits per heavy atom. The Balaban J connectivity index is 1.70. The third-order valence-corrected chi connectivity index (χ3v) is 4.70. The summed E-state index contributed by atoms with van der Waals surface area (Å²) in [5.74, 6) is -1.76. The van der Waals surface area contributed by atoms with Gasteiger partial charge in [0.2, 0.25) is 5.91 Å². The van der Waals surface area contributed by atoms with Gasteiger partial charge < -0.3 is 9.67 Å². The predicted molar refractivity (Wildman–Crippen MR) is 101 cm³/mol. The summed E-state index contributed by atoms with van der Waals surface area (Å²) in [5.41, 5.74) is 2.81. The highest BCUT2D eigenvalue weighted by molar-refractivity contribution is 6.29. The lowest BCUT2D eigenvalue weighted by Gasteiger charge is -2.13. The number of aryl methyl sites for hydroxylation is 1. The second kappa shape index (κ2) is 6.25. The number of benzene rings is 2. The van der Waals surface area contributed by atoms with Crippen LogP contribution >= 0.6 is 0 Å². The topological polar surface area (TPSA) is 79.6 Å². The first-order valence-electron chi connectivity index (χ1n) is 8.41. The molecule has 2 aromatic carbocycles. The normalized spacial score (nSPS) is 15.9. The van der Waals surface area contributed by atoms with Gasteiger partial charge in [-0.25, -0.2) is 9.69 Å². The number of carbonyl (C=O) groups excluding carboxylic acids is 2. The van der Waals surface area contributed by atoms with E-state index in [1.54, 1.807) is 6.08 Å². The summed E-state index contributed by atoms with van der Waals surface area (Å²) in [6.45, 7) is 0. The first-order valence-corrected chi connectivity index (χ1v) is 8.41. The molecule has 0 bridgehead atoms. The fourth-order valence-corrected chi connectivity index (χ4v) is 3.38. The van der Waals surface area contributed by atoms with Crippen LogP contribution in [0.1, 0.15) is 22.3 Å². The predicted octanol–water partition coefficient (Wildman–Crippen LogP) is 3.22. The molecule has 0 aliphatic carbocycles. The van der Waals surface area contributed by atoms with Crippen LogP contribution < -0.4 is 4.90 Å². The van der Waals surface area contributed by atoms with Gasteiger partial charge in [-0.3, -0.25) is 9.59 Å². The minimum absolute atomic E-state index is 0.0166. The maximum absolute atomic E-state index is 12.8. The zero-order chi connectivity index (χ0) is 19.1. The van der Waals surface area contributed by atoms with Gasteiger partial charge in [-0.2, -0.15) is 0 Å². The lowest BCUT2D eigenvalue weighted by molar-refractivity contribution is -0.120. The average molecular weight is 360 g/mol. The van der Waals surface area contributed by atoms with Crippen LogP contribution in [0.2, 0.25) is 0 Å². The molecule has 0 unspecified atom stereocenters. The summed E-state index contributed by atoms with van der Waals surface area (Å²) in [5, 5.41) is 9.99. The maximum Gasteiger partial charge on any atom is 0.335 e. The van der Waals surface area contributed by atoms with Crippen LogP contribution in [0.3, 0.4) is 0 Å². The van der Waals surface area contributed by atoms with Crippen LogP contribution in [0.15, 0.2) is 60.3 Å². The van der Waals surface area contributed by atoms with Crippen molar-refractivity contribution in [2.75, 3.05) is 4.90 Å². The highest BCUT2D eigenvalue weighted by atomic mass is 16.4. The Bertz CT molecular complexity index is 1120. The Morgan fingerprint density at radius 2 is 1.78 bits per heavy atom. The van der Waals surface area contributed by atoms with Gasteiger partial charge in [-0.15, -0.1) is 0 Å². The number of fused-ring (bicyclic) bond motifs is 1. The number of aromatic nitrogens is 1. The van der Waals surface area contributed by atoms with Crippen molar-refractivity contribution in [3.8, 4) is 0 Å². The molecule has 1 aliphatic rings. The molecule has 27 heavy (non-hydrogen) atoms. The first-order chi connectivity index (χ1) is 13.0. The van der Waals surface area contributed by atoms with E-state index in [2.05, 4.69) is 0 Å². The Morgan fingerprint density at radius 1 is 1.07 bits per heavy atom. The molecule has 2 heterocycles. The fraction of sp³-hybridized carbons (Fsp3) is 0.0952. The quantitative estimate of drug-likeness (QED) is 0.574. The maximum atomic E-state index is 12.8. The monoisotopic (exact) mass is 360 g/mol. The molecule has 4 rings (SSSR count). The summed E-state index contributed by atoms with van der Waals surface area (Å²) < 4.78 is 1.98. The van der Waals surface area contributed by atoms with Gasteiger partial charge in [0.05, 0.1) is 17.7 Å². The molecule has 1 aliphatic heterocycles. The van der Waals surface area contributed by atoms with Crippen molar-refractivity contribution >= 4 is 40.4 Å². The molecule has 0 radical (unpaired) electrons. The molecule has 3 aromatic rings. The summed E-state index contributed by atoms with van der Waals surface area (Å²) >= 11 is 0. The van der Waals surface area contributed by atoms with Gasteiger partial charge in [0, 0.05) is 35.3 Å². The van der Waals surface area contributed by atoms with E-state index in [4.69, 9.17) is 5.11 Å². The molecule has 1 N–H and O–H groups in total. The van der Waals surface area contributed by atoms with E-state index in [0.29, 0.717) is 11.3 Å². The lowest BCUT2D eigenvalue weighted by atomic mass is 10.1. The van der Waals surface area contributed by atoms with Gasteiger partial charge in [0.15, 0.2) is 0 Å². The number of hydrogen-bond donors (Lipinski definition) is 1. The zero-order valence-electron chi connectivity index (χ0n) is 14.5. The van der Waals surface area contributed by atoms with Crippen LogP contribution in [0.4, 0.5) is 5.69 Å². The second-order valence-corrected chi connectivity index (χ2v) is 6.45. The molecule has 0 saturated carbocycles. The Hall–Kier alpha value is -3.67. The molecule has 0 atom stereocenters. The second-order valence-electron chi connectivity index (χ2n) is 6.45. The minimum Gasteiger partial charge on any atom is -0.478 e. The van der Waals surface area contributed by atoms with Crippen LogP contribution in [-0.2, 0) is 16.6 Å². The van der Waals surface area contributed by atoms with E-state index >= 15 is 0 Å². The largest absolute Gasteiger partial charge is 0.478 e. The van der Waals surface area contributed by atoms with E-state index in [1.807, 2.05) is 42.1 Å². The number of anilines is 1. The third kappa shape index (κ3) is 2.81. The Kier molecular flexibility index (Phi) is 3.88. The third-order valence-electron chi connectivity index (χ3n) is 4.70. The summed E-state index contributed by atoms with van der Waals surface area (Å²) in [4.78, 5) is 37.3. The molecule has 2 amide bonds. The average Bonchev–Trinajstić information content (AvgIpc) is 3.12. The number of nitrogens with zero attached hydrogens (tertiary/aromatic N) is 2. The fourth-order valence-electron chi connectivity index (χ4n) is 3.38. The van der Waals surface area contributed by atoms with Crippen LogP contribution in [0.5, 0.6) is 0 Å². The smallest absolute Gasteiger partial charge is 0.335 e. The molecule has 1 aromatic heterocycles. The first kappa shape index (κ1) is 16.8. The van der Waals surface area contributed by atoms with Crippen molar-refractivity contribution < 1.29 is 19.5 Å². The molecule has 6 nitrogen and oxygen atoms in total. The van der Waals surface area contributed by atoms with Crippen molar-refractivity contribution in [1.29, 1.82) is 0 Å². The minimum atomic E-state index is -1.06. The van der Waals surface area contributed by atoms with E-state index in [-0.39, 0.29) is 23.8 Å². The highest BCUT2D eigenvalue weighted by Gasteiger charge is 2.35. The number of para-hydroxylation sites is 1. The Labute approximate surface area is 154 Å². The molecular formula is C21H16N2O4. The number of amides is 2. The number of rotatable bonds is 3. The number of carboxylic acid groups (broad SMARTS) is 1. The van der Waals surface area contributed by atoms with Crippen molar-refractivity contribution in [3.63, 3.8) is 0 Å². The van der Waals surface area contributed by atoms with E-state index in [9.17, 15) is 14.4 Å². The van der Waals surface area contributed by atoms with Gasteiger partial charge in [0.1, 0.15) is 0 Å². The standard InChI is InChI=1S/C21H16N2O4/c1-22-12-15(17-4-2-3-5-18(17)22)10-14-11-19(24)23(20(14)25)16-8-6-13(7-9-16)21(26)27/h2-10,12H,11H2,1H3,(H,26,27)/b14-10-. The molecule has 1 fully saturated rings. The van der Waals surface area contributed by atoms with Crippen molar-refractivity contribution in [2.24, 2.45) is 7.05 Å². The number of hydrogen-bond acceptors (Lipinski definition) is 3. The van der Waals surface area contributed by atoms with Crippen LogP contribution in [0.25, 0.3) is 17.0 Å². The van der Waals surface area contributed by atoms with Gasteiger partial charge in [-0.1, -0.05) is 18.2 Å². The summed E-state index contributed by atoms with van der Waals surface area (Å²) in [6, 6.07) is 13.6. The lowest BCUT2D eigenvalue weighted by Crippen LogP contribution is -2.28. The molecule has 0 spiro atoms. The molecule has 134 valence electrons. The molecular weight excluding hydrogens is 344 g/mol. The SMILES string of the molecule is Cn1cc(/C=C2/CC(=O)N(c3ccc(C(=O)O)cc3)C2=O)c2ccccc21. The number of carbonyl (C=O) groups is 3. The van der Waals surface area contributed by atoms with Crippen molar-refractivity contribution in [2.45, 2.75) is 6.42 Å². The molecule has 6 heteroatoms. The van der Waals surface area contributed by atoms with Crippen LogP contribution in [-0.4, -0.2) is 27.5 Å². The van der Waals surface area contributed by atoms with Gasteiger partial charge >= 0.3 is 5.97 Å². The summed E-state index contributed by atoms with van der Waals surface area (Å²) in [7, 11) is 1.93. The zero-order valence-corrected chi connectivity index (χ0v) is 14.5. The number of imide groups is 1. The summed E-state index contributed by atoms with van der Waals surface area (Å²) in [6.07, 6.45) is 3.71. The molecule has 1 saturated heterocycles. The van der Waals surface area contributed by atoms with E-state index in [0.717, 1.165) is 21.4 Å². The van der Waals surface area contributed by atoms with Gasteiger partial charge in [-0.05, 0) is 36.4 Å². The van der Waals surface area contributed by atoms with E-state index < -0.39 is 5.97 Å². The highest BCUT2D eigenvalue weighted by Crippen LogP contribution is 2.30. The number of aromatic carboxylic acids is 1. The van der Waals surface area contributed by atoms with Gasteiger partial charge in [0.25, 0.3) is 5.91 Å². The van der Waals surface area contributed by atoms with Crippen LogP contribution in [0, 0.1) is 0 Å². The van der Waals surface area contributed by atoms with Crippen molar-refractivity contribution in [1.82, 2.24) is 4.57 Å². The number of carboxylic acids is 1. The van der Waals surface area contributed by atoms with Crippen molar-refractivity contribution in [3.05, 3.63) is 71.4 Å². The van der Waals surface area contributed by atoms with E-state index in [1.165, 1.54) is 24.3 Å².